The summed E-state index contributed by atoms with van der Waals surface area (Å²) in [6.07, 6.45) is 4.49. The van der Waals surface area contributed by atoms with Crippen molar-refractivity contribution in [3.05, 3.63) is 81.3 Å². The molecule has 0 aliphatic carbocycles. The van der Waals surface area contributed by atoms with Crippen LogP contribution in [0, 0.1) is 5.82 Å². The molecule has 5 aromatic heterocycles. The maximum Gasteiger partial charge on any atom is 0.316 e. The van der Waals surface area contributed by atoms with Crippen LogP contribution < -0.4 is 16.0 Å². The van der Waals surface area contributed by atoms with E-state index < -0.39 is 11.9 Å². The predicted octanol–water partition coefficient (Wildman–Crippen LogP) is 4.62. The fraction of sp³-hybridized carbons (Fsp3) is 0.120. The van der Waals surface area contributed by atoms with Crippen LogP contribution in [-0.4, -0.2) is 41.2 Å². The highest BCUT2D eigenvalue weighted by Gasteiger charge is 2.26. The number of aromatic nitrogens is 7. The van der Waals surface area contributed by atoms with Gasteiger partial charge in [-0.15, -0.1) is 11.3 Å². The van der Waals surface area contributed by atoms with E-state index in [0.717, 1.165) is 0 Å². The van der Waals surface area contributed by atoms with Crippen molar-refractivity contribution in [2.75, 3.05) is 12.8 Å². The number of pyridine rings is 1. The van der Waals surface area contributed by atoms with E-state index in [1.165, 1.54) is 41.3 Å². The Bertz CT molecular complexity index is 1900. The third-order valence-electron chi connectivity index (χ3n) is 6.23. The van der Waals surface area contributed by atoms with E-state index in [2.05, 4.69) is 19.9 Å². The first-order valence-electron chi connectivity index (χ1n) is 11.3. The average Bonchev–Trinajstić information content (AvgIpc) is 3.50. The van der Waals surface area contributed by atoms with Gasteiger partial charge in [-0.2, -0.15) is 5.10 Å². The molecule has 0 saturated carbocycles. The van der Waals surface area contributed by atoms with Gasteiger partial charge >= 0.3 is 6.01 Å². The lowest BCUT2D eigenvalue weighted by Crippen LogP contribution is -2.20. The zero-order valence-corrected chi connectivity index (χ0v) is 21.5. The highest BCUT2D eigenvalue weighted by molar-refractivity contribution is 7.16. The Morgan fingerprint density at radius 2 is 1.92 bits per heavy atom. The van der Waals surface area contributed by atoms with Crippen LogP contribution in [0.3, 0.4) is 0 Å². The summed E-state index contributed by atoms with van der Waals surface area (Å²) in [6, 6.07) is 7.42. The van der Waals surface area contributed by atoms with Gasteiger partial charge in [0.1, 0.15) is 33.6 Å². The molecule has 0 unspecified atom stereocenters. The van der Waals surface area contributed by atoms with Crippen LogP contribution in [0.15, 0.2) is 59.2 Å². The summed E-state index contributed by atoms with van der Waals surface area (Å²) in [5.41, 5.74) is 8.72. The van der Waals surface area contributed by atoms with Gasteiger partial charge in [0.15, 0.2) is 5.65 Å². The highest BCUT2D eigenvalue weighted by Crippen LogP contribution is 2.36. The van der Waals surface area contributed by atoms with Crippen molar-refractivity contribution in [1.82, 2.24) is 34.1 Å². The average molecular weight is 549 g/mol. The van der Waals surface area contributed by atoms with Crippen molar-refractivity contribution in [3.8, 4) is 28.4 Å². The van der Waals surface area contributed by atoms with Gasteiger partial charge in [-0.1, -0.05) is 23.7 Å². The predicted molar refractivity (Wildman–Crippen MR) is 143 cm³/mol. The van der Waals surface area contributed by atoms with Crippen LogP contribution >= 0.6 is 22.9 Å². The molecule has 6 aromatic rings. The molecule has 1 aromatic carbocycles. The maximum atomic E-state index is 14.3. The number of ether oxygens (including phenoxy) is 1. The molecule has 0 saturated heterocycles. The molecule has 0 radical (unpaired) electrons. The van der Waals surface area contributed by atoms with E-state index in [1.54, 1.807) is 34.6 Å². The van der Waals surface area contributed by atoms with Crippen molar-refractivity contribution < 1.29 is 9.13 Å². The Labute approximate surface area is 223 Å². The van der Waals surface area contributed by atoms with Gasteiger partial charge in [-0.05, 0) is 36.2 Å². The van der Waals surface area contributed by atoms with Crippen LogP contribution in [0.2, 0.25) is 5.15 Å². The Kier molecular flexibility index (Phi) is 5.77. The second-order valence-corrected chi connectivity index (χ2v) is 9.68. The molecule has 0 bridgehead atoms. The molecular weight excluding hydrogens is 531 g/mol. The fourth-order valence-electron chi connectivity index (χ4n) is 4.46. The zero-order chi connectivity index (χ0) is 26.6. The minimum atomic E-state index is -0.531. The molecule has 2 N–H and O–H groups in total. The van der Waals surface area contributed by atoms with Crippen molar-refractivity contribution >= 4 is 44.6 Å². The van der Waals surface area contributed by atoms with Crippen LogP contribution in [0.4, 0.5) is 10.2 Å². The van der Waals surface area contributed by atoms with Crippen molar-refractivity contribution in [3.63, 3.8) is 0 Å². The van der Waals surface area contributed by atoms with E-state index in [4.69, 9.17) is 27.2 Å². The summed E-state index contributed by atoms with van der Waals surface area (Å²) in [5.74, 6) is -0.237. The second kappa shape index (κ2) is 9.15. The summed E-state index contributed by atoms with van der Waals surface area (Å²) >= 11 is 7.66. The Hall–Kier alpha value is -4.42. The number of thiazole rings is 1. The van der Waals surface area contributed by atoms with Crippen LogP contribution in [-0.2, 0) is 0 Å². The number of anilines is 1. The molecule has 6 rings (SSSR count). The molecule has 5 heterocycles. The molecule has 0 amide bonds. The van der Waals surface area contributed by atoms with Crippen molar-refractivity contribution in [2.24, 2.45) is 0 Å². The van der Waals surface area contributed by atoms with Crippen molar-refractivity contribution in [1.29, 1.82) is 0 Å². The summed E-state index contributed by atoms with van der Waals surface area (Å²) in [5, 5.41) is 7.30. The van der Waals surface area contributed by atoms with E-state index in [9.17, 15) is 9.18 Å². The number of halogens is 2. The number of hydrogen-bond acceptors (Lipinski definition) is 9. The minimum absolute atomic E-state index is 0.207. The van der Waals surface area contributed by atoms with E-state index in [1.807, 2.05) is 13.0 Å². The molecule has 13 heteroatoms. The summed E-state index contributed by atoms with van der Waals surface area (Å²) in [4.78, 5) is 31.3. The molecule has 1 atom stereocenters. The first-order chi connectivity index (χ1) is 18.4. The number of fused-ring (bicyclic) bond motifs is 2. The lowest BCUT2D eigenvalue weighted by molar-refractivity contribution is 0.380. The summed E-state index contributed by atoms with van der Waals surface area (Å²) < 4.78 is 22.4. The quantitative estimate of drug-likeness (QED) is 0.331. The van der Waals surface area contributed by atoms with Crippen molar-refractivity contribution in [2.45, 2.75) is 13.0 Å². The van der Waals surface area contributed by atoms with E-state index in [-0.39, 0.29) is 22.5 Å². The number of hydrogen-bond donors (Lipinski definition) is 1. The number of methoxy groups -OCH3 is 1. The normalized spacial score (nSPS) is 12.3. The lowest BCUT2D eigenvalue weighted by Gasteiger charge is -2.18. The van der Waals surface area contributed by atoms with Gasteiger partial charge in [0, 0.05) is 23.3 Å². The molecule has 38 heavy (non-hydrogen) atoms. The topological polar surface area (TPSA) is 126 Å². The third kappa shape index (κ3) is 3.76. The monoisotopic (exact) mass is 548 g/mol. The summed E-state index contributed by atoms with van der Waals surface area (Å²) in [7, 11) is 1.48. The minimum Gasteiger partial charge on any atom is -0.467 e. The second-order valence-electron chi connectivity index (χ2n) is 8.41. The number of rotatable bonds is 5. The molecule has 0 aliphatic heterocycles. The van der Waals surface area contributed by atoms with Gasteiger partial charge in [0.2, 0.25) is 0 Å². The Morgan fingerprint density at radius 1 is 1.13 bits per heavy atom. The number of benzene rings is 1. The molecule has 10 nitrogen and oxygen atoms in total. The van der Waals surface area contributed by atoms with Crippen LogP contribution in [0.1, 0.15) is 18.5 Å². The smallest absolute Gasteiger partial charge is 0.316 e. The van der Waals surface area contributed by atoms with Crippen LogP contribution in [0.25, 0.3) is 38.2 Å². The number of nitrogens with two attached hydrogens (primary N) is 1. The molecule has 0 spiro atoms. The van der Waals surface area contributed by atoms with Gasteiger partial charge in [-0.25, -0.2) is 29.0 Å². The van der Waals surface area contributed by atoms with E-state index in [0.29, 0.717) is 43.8 Å². The zero-order valence-electron chi connectivity index (χ0n) is 20.0. The van der Waals surface area contributed by atoms with Gasteiger partial charge in [0.25, 0.3) is 5.56 Å². The first kappa shape index (κ1) is 23.9. The standard InChI is InChI=1S/C25H18ClFN8O2S/c1-12(16-7-18-34(17(26)10-38-18)24(36)19(16)13-4-3-5-15(27)6-13)35-23-20(22(28)31-11-32-23)21(33-35)14-8-29-25(37-2)30-9-14/h3-12H,1-2H3,(H2,28,31,32)/t12-/m0/s1. The highest BCUT2D eigenvalue weighted by atomic mass is 35.5. The lowest BCUT2D eigenvalue weighted by atomic mass is 9.97. The Balaban J connectivity index is 1.62. The summed E-state index contributed by atoms with van der Waals surface area (Å²) in [6.45, 7) is 1.88. The number of nitrogens with zero attached hydrogens (tertiary/aromatic N) is 7. The SMILES string of the molecule is COc1ncc(-c2nn([C@@H](C)c3cc4scc(Cl)n4c(=O)c3-c3cccc(F)c3)c3ncnc(N)c23)cn1. The van der Waals surface area contributed by atoms with Crippen LogP contribution in [0.5, 0.6) is 6.01 Å². The van der Waals surface area contributed by atoms with Gasteiger partial charge < -0.3 is 10.5 Å². The molecule has 0 aliphatic rings. The van der Waals surface area contributed by atoms with Gasteiger partial charge in [-0.3, -0.25) is 9.20 Å². The third-order valence-corrected chi connectivity index (χ3v) is 7.52. The van der Waals surface area contributed by atoms with E-state index >= 15 is 0 Å². The van der Waals surface area contributed by atoms with Gasteiger partial charge in [0.05, 0.1) is 24.1 Å². The molecular formula is C25H18ClFN8O2S. The maximum absolute atomic E-state index is 14.3. The number of nitrogen functional groups attached to an aromatic ring is 1. The molecule has 190 valence electrons. The molecule has 0 fully saturated rings. The first-order valence-corrected chi connectivity index (χ1v) is 12.6. The Morgan fingerprint density at radius 3 is 2.66 bits per heavy atom. The largest absolute Gasteiger partial charge is 0.467 e. The fourth-order valence-corrected chi connectivity index (χ4v) is 5.62.